The van der Waals surface area contributed by atoms with Gasteiger partial charge in [-0.05, 0) is 36.1 Å². The highest BCUT2D eigenvalue weighted by Crippen LogP contribution is 2.31. The monoisotopic (exact) mass is 338 g/mol. The van der Waals surface area contributed by atoms with Gasteiger partial charge in [0, 0.05) is 0 Å². The number of imidazole rings is 1. The fraction of sp³-hybridized carbons (Fsp3) is 0.381. The number of aliphatic hydroxyl groups excluding tert-OH is 1. The van der Waals surface area contributed by atoms with Crippen LogP contribution in [-0.4, -0.2) is 27.4 Å². The van der Waals surface area contributed by atoms with E-state index in [1.165, 1.54) is 0 Å². The quantitative estimate of drug-likeness (QED) is 0.762. The smallest absolute Gasteiger partial charge is 0.123 e. The highest BCUT2D eigenvalue weighted by molar-refractivity contribution is 5.75. The molecule has 1 N–H and O–H groups in total. The first-order chi connectivity index (χ1) is 11.9. The minimum atomic E-state index is -0.607. The van der Waals surface area contributed by atoms with Crippen molar-refractivity contribution in [1.82, 2.24) is 9.55 Å². The third kappa shape index (κ3) is 3.85. The van der Waals surface area contributed by atoms with Crippen LogP contribution in [0.2, 0.25) is 0 Å². The van der Waals surface area contributed by atoms with Gasteiger partial charge in [-0.1, -0.05) is 51.1 Å². The Kier molecular flexibility index (Phi) is 4.82. The lowest BCUT2D eigenvalue weighted by molar-refractivity contribution is 0.0919. The van der Waals surface area contributed by atoms with Crippen molar-refractivity contribution in [3.05, 3.63) is 59.9 Å². The molecule has 0 spiro atoms. The zero-order valence-electron chi connectivity index (χ0n) is 15.4. The first-order valence-corrected chi connectivity index (χ1v) is 8.68. The molecule has 0 bridgehead atoms. The molecule has 4 nitrogen and oxygen atoms in total. The third-order valence-corrected chi connectivity index (χ3v) is 4.37. The molecule has 0 saturated carbocycles. The van der Waals surface area contributed by atoms with Crippen molar-refractivity contribution in [3.63, 3.8) is 0 Å². The fourth-order valence-corrected chi connectivity index (χ4v) is 3.09. The van der Waals surface area contributed by atoms with E-state index in [0.717, 1.165) is 28.2 Å². The molecule has 1 atom stereocenters. The summed E-state index contributed by atoms with van der Waals surface area (Å²) in [7, 11) is 0. The summed E-state index contributed by atoms with van der Waals surface area (Å²) in [5.41, 5.74) is 3.13. The third-order valence-electron chi connectivity index (χ3n) is 4.37. The van der Waals surface area contributed by atoms with Gasteiger partial charge in [-0.3, -0.25) is 0 Å². The maximum absolute atomic E-state index is 10.5. The SMILES string of the molecule is Cc1nc2ccccc2n1C[C@@H](O)COc1ccccc1C(C)(C)C. The Balaban J connectivity index is 1.72. The number of aromatic nitrogens is 2. The normalized spacial score (nSPS) is 13.2. The molecule has 1 aromatic heterocycles. The molecule has 1 heterocycles. The Morgan fingerprint density at radius 1 is 1.08 bits per heavy atom. The molecule has 3 rings (SSSR count). The minimum absolute atomic E-state index is 0.00131. The molecule has 0 saturated heterocycles. The molecule has 3 aromatic rings. The molecule has 0 unspecified atom stereocenters. The van der Waals surface area contributed by atoms with Crippen molar-refractivity contribution in [1.29, 1.82) is 0 Å². The molecular weight excluding hydrogens is 312 g/mol. The van der Waals surface area contributed by atoms with Crippen LogP contribution >= 0.6 is 0 Å². The van der Waals surface area contributed by atoms with Gasteiger partial charge in [0.25, 0.3) is 0 Å². The topological polar surface area (TPSA) is 47.3 Å². The zero-order valence-corrected chi connectivity index (χ0v) is 15.4. The number of benzene rings is 2. The first kappa shape index (κ1) is 17.5. The van der Waals surface area contributed by atoms with Crippen LogP contribution < -0.4 is 4.74 Å². The molecule has 0 radical (unpaired) electrons. The first-order valence-electron chi connectivity index (χ1n) is 8.68. The van der Waals surface area contributed by atoms with Crippen LogP contribution in [0, 0.1) is 6.92 Å². The molecule has 0 aliphatic heterocycles. The number of aliphatic hydroxyl groups is 1. The lowest BCUT2D eigenvalue weighted by Gasteiger charge is -2.23. The average molecular weight is 338 g/mol. The van der Waals surface area contributed by atoms with Gasteiger partial charge < -0.3 is 14.4 Å². The molecule has 25 heavy (non-hydrogen) atoms. The summed E-state index contributed by atoms with van der Waals surface area (Å²) in [5, 5.41) is 10.5. The van der Waals surface area contributed by atoms with Gasteiger partial charge in [-0.25, -0.2) is 4.98 Å². The van der Waals surface area contributed by atoms with Crippen molar-refractivity contribution in [2.75, 3.05) is 6.61 Å². The molecule has 0 amide bonds. The summed E-state index contributed by atoms with van der Waals surface area (Å²) in [6, 6.07) is 16.0. The largest absolute Gasteiger partial charge is 0.491 e. The minimum Gasteiger partial charge on any atom is -0.491 e. The molecule has 2 aromatic carbocycles. The number of para-hydroxylation sites is 3. The van der Waals surface area contributed by atoms with E-state index in [2.05, 4.69) is 31.8 Å². The second kappa shape index (κ2) is 6.89. The van der Waals surface area contributed by atoms with Crippen LogP contribution in [0.3, 0.4) is 0 Å². The summed E-state index contributed by atoms with van der Waals surface area (Å²) in [4.78, 5) is 4.54. The summed E-state index contributed by atoms with van der Waals surface area (Å²) < 4.78 is 7.98. The van der Waals surface area contributed by atoms with Crippen LogP contribution in [-0.2, 0) is 12.0 Å². The second-order valence-corrected chi connectivity index (χ2v) is 7.47. The van der Waals surface area contributed by atoms with E-state index < -0.39 is 6.10 Å². The van der Waals surface area contributed by atoms with E-state index in [1.807, 2.05) is 54.0 Å². The molecular formula is C21H26N2O2. The molecule has 4 heteroatoms. The maximum Gasteiger partial charge on any atom is 0.123 e. The number of hydrogen-bond donors (Lipinski definition) is 1. The Morgan fingerprint density at radius 2 is 1.76 bits per heavy atom. The Labute approximate surface area is 149 Å². The zero-order chi connectivity index (χ0) is 18.0. The number of rotatable bonds is 5. The number of hydrogen-bond acceptors (Lipinski definition) is 3. The highest BCUT2D eigenvalue weighted by atomic mass is 16.5. The lowest BCUT2D eigenvalue weighted by Crippen LogP contribution is -2.25. The van der Waals surface area contributed by atoms with Gasteiger partial charge in [0.1, 0.15) is 24.3 Å². The van der Waals surface area contributed by atoms with E-state index >= 15 is 0 Å². The number of aryl methyl sites for hydroxylation is 1. The molecule has 132 valence electrons. The molecule has 0 aliphatic rings. The van der Waals surface area contributed by atoms with Gasteiger partial charge in [0.2, 0.25) is 0 Å². The van der Waals surface area contributed by atoms with Crippen molar-refractivity contribution >= 4 is 11.0 Å². The van der Waals surface area contributed by atoms with Crippen LogP contribution in [0.1, 0.15) is 32.2 Å². The number of ether oxygens (including phenoxy) is 1. The summed E-state index contributed by atoms with van der Waals surface area (Å²) >= 11 is 0. The Morgan fingerprint density at radius 3 is 2.52 bits per heavy atom. The molecule has 0 aliphatic carbocycles. The maximum atomic E-state index is 10.5. The van der Waals surface area contributed by atoms with Crippen LogP contribution in [0.25, 0.3) is 11.0 Å². The number of fused-ring (bicyclic) bond motifs is 1. The van der Waals surface area contributed by atoms with Crippen molar-refractivity contribution < 1.29 is 9.84 Å². The van der Waals surface area contributed by atoms with Gasteiger partial charge >= 0.3 is 0 Å². The van der Waals surface area contributed by atoms with Crippen LogP contribution in [0.5, 0.6) is 5.75 Å². The fourth-order valence-electron chi connectivity index (χ4n) is 3.09. The predicted octanol–water partition coefficient (Wildman–Crippen LogP) is 4.08. The van der Waals surface area contributed by atoms with Crippen LogP contribution in [0.4, 0.5) is 0 Å². The Bertz CT molecular complexity index is 862. The van der Waals surface area contributed by atoms with Gasteiger partial charge in [0.05, 0.1) is 17.6 Å². The highest BCUT2D eigenvalue weighted by Gasteiger charge is 2.19. The van der Waals surface area contributed by atoms with Crippen molar-refractivity contribution in [2.45, 2.75) is 45.8 Å². The van der Waals surface area contributed by atoms with E-state index in [1.54, 1.807) is 0 Å². The second-order valence-electron chi connectivity index (χ2n) is 7.47. The van der Waals surface area contributed by atoms with E-state index in [4.69, 9.17) is 4.74 Å². The Hall–Kier alpha value is -2.33. The van der Waals surface area contributed by atoms with Crippen molar-refractivity contribution in [2.24, 2.45) is 0 Å². The van der Waals surface area contributed by atoms with Gasteiger partial charge in [0.15, 0.2) is 0 Å². The van der Waals surface area contributed by atoms with E-state index in [-0.39, 0.29) is 12.0 Å². The standard InChI is InChI=1S/C21H26N2O2/c1-15-22-18-10-6-7-11-19(18)23(15)13-16(24)14-25-20-12-8-5-9-17(20)21(2,3)4/h5-12,16,24H,13-14H2,1-4H3/t16-/m1/s1. The van der Waals surface area contributed by atoms with E-state index in [9.17, 15) is 5.11 Å². The summed E-state index contributed by atoms with van der Waals surface area (Å²) in [6.45, 7) is 9.15. The average Bonchev–Trinajstić information content (AvgIpc) is 2.88. The van der Waals surface area contributed by atoms with Crippen molar-refractivity contribution in [3.8, 4) is 5.75 Å². The lowest BCUT2D eigenvalue weighted by atomic mass is 9.86. The molecule has 0 fully saturated rings. The summed E-state index contributed by atoms with van der Waals surface area (Å²) in [6.07, 6.45) is -0.607. The van der Waals surface area contributed by atoms with E-state index in [0.29, 0.717) is 6.54 Å². The number of nitrogens with zero attached hydrogens (tertiary/aromatic N) is 2. The van der Waals surface area contributed by atoms with Crippen LogP contribution in [0.15, 0.2) is 48.5 Å². The van der Waals surface area contributed by atoms with Gasteiger partial charge in [-0.15, -0.1) is 0 Å². The summed E-state index contributed by atoms with van der Waals surface area (Å²) in [5.74, 6) is 1.73. The predicted molar refractivity (Wildman–Crippen MR) is 101 cm³/mol. The van der Waals surface area contributed by atoms with Gasteiger partial charge in [-0.2, -0.15) is 0 Å².